The number of aromatic amines is 1. The summed E-state index contributed by atoms with van der Waals surface area (Å²) < 4.78 is 5.61. The van der Waals surface area contributed by atoms with Gasteiger partial charge in [-0.25, -0.2) is 4.98 Å². The molecular formula is C27H24N4O4. The molecule has 2 N–H and O–H groups in total. The summed E-state index contributed by atoms with van der Waals surface area (Å²) in [5, 5.41) is 11.2. The van der Waals surface area contributed by atoms with E-state index in [-0.39, 0.29) is 17.3 Å². The molecular weight excluding hydrogens is 444 g/mol. The van der Waals surface area contributed by atoms with Gasteiger partial charge in [0.25, 0.3) is 5.78 Å². The van der Waals surface area contributed by atoms with Crippen LogP contribution in [0, 0.1) is 6.92 Å². The lowest BCUT2D eigenvalue weighted by molar-refractivity contribution is -0.132. The summed E-state index contributed by atoms with van der Waals surface area (Å²) in [4.78, 5) is 39.7. The second kappa shape index (κ2) is 9.06. The number of aliphatic hydroxyl groups excluding tert-OH is 1. The highest BCUT2D eigenvalue weighted by molar-refractivity contribution is 6.51. The van der Waals surface area contributed by atoms with Crippen molar-refractivity contribution < 1.29 is 19.4 Å². The number of nitrogens with one attached hydrogen (secondary N) is 1. The Balaban J connectivity index is 1.64. The first-order chi connectivity index (χ1) is 17.0. The molecule has 0 bridgehead atoms. The molecule has 176 valence electrons. The number of H-pyrrole nitrogens is 1. The standard InChI is InChI=1S/C27H24N4O4/c1-3-13-35-19-9-7-17(8-10-19)24(32)22-23(18-5-4-12-28-15-18)31(26(34)25(22)33)27-29-20-11-6-16(2)14-21(20)30-27/h4-12,14-15,23,32H,3,13H2,1-2H3,(H,29,30)/b24-22+. The first kappa shape index (κ1) is 22.3. The molecule has 0 saturated carbocycles. The van der Waals surface area contributed by atoms with E-state index in [4.69, 9.17) is 4.74 Å². The van der Waals surface area contributed by atoms with Crippen molar-refractivity contribution in [3.8, 4) is 5.75 Å². The highest BCUT2D eigenvalue weighted by Gasteiger charge is 2.48. The minimum absolute atomic E-state index is 0.0261. The zero-order valence-corrected chi connectivity index (χ0v) is 19.4. The molecule has 1 fully saturated rings. The van der Waals surface area contributed by atoms with E-state index in [0.717, 1.165) is 17.5 Å². The maximum Gasteiger partial charge on any atom is 0.302 e. The van der Waals surface area contributed by atoms with Gasteiger partial charge in [0.2, 0.25) is 5.95 Å². The lowest BCUT2D eigenvalue weighted by Gasteiger charge is -2.22. The molecule has 3 heterocycles. The van der Waals surface area contributed by atoms with Gasteiger partial charge in [0, 0.05) is 18.0 Å². The van der Waals surface area contributed by atoms with Gasteiger partial charge in [-0.2, -0.15) is 0 Å². The number of carbonyl (C=O) groups excluding carboxylic acids is 2. The molecule has 0 aliphatic carbocycles. The van der Waals surface area contributed by atoms with Crippen LogP contribution in [0.2, 0.25) is 0 Å². The molecule has 1 aliphatic heterocycles. The Kier molecular flexibility index (Phi) is 5.78. The van der Waals surface area contributed by atoms with Crippen molar-refractivity contribution >= 4 is 34.4 Å². The molecule has 0 spiro atoms. The van der Waals surface area contributed by atoms with Crippen LogP contribution in [0.25, 0.3) is 16.8 Å². The molecule has 1 unspecified atom stereocenters. The monoisotopic (exact) mass is 468 g/mol. The third-order valence-corrected chi connectivity index (χ3v) is 5.90. The average Bonchev–Trinajstić information content (AvgIpc) is 3.40. The second-order valence-electron chi connectivity index (χ2n) is 8.41. The van der Waals surface area contributed by atoms with Crippen LogP contribution < -0.4 is 9.64 Å². The molecule has 2 aromatic heterocycles. The minimum Gasteiger partial charge on any atom is -0.507 e. The van der Waals surface area contributed by atoms with Gasteiger partial charge >= 0.3 is 5.91 Å². The topological polar surface area (TPSA) is 108 Å². The van der Waals surface area contributed by atoms with Crippen molar-refractivity contribution in [2.24, 2.45) is 0 Å². The van der Waals surface area contributed by atoms with E-state index >= 15 is 0 Å². The van der Waals surface area contributed by atoms with E-state index in [2.05, 4.69) is 15.0 Å². The first-order valence-corrected chi connectivity index (χ1v) is 11.4. The maximum absolute atomic E-state index is 13.3. The van der Waals surface area contributed by atoms with Crippen molar-refractivity contribution in [1.29, 1.82) is 0 Å². The van der Waals surface area contributed by atoms with Crippen LogP contribution >= 0.6 is 0 Å². The van der Waals surface area contributed by atoms with Gasteiger partial charge in [-0.05, 0) is 66.9 Å². The van der Waals surface area contributed by atoms with Crippen molar-refractivity contribution in [3.05, 3.63) is 89.3 Å². The average molecular weight is 469 g/mol. The molecule has 1 atom stereocenters. The van der Waals surface area contributed by atoms with Crippen LogP contribution in [0.15, 0.2) is 72.6 Å². The number of imidazole rings is 1. The van der Waals surface area contributed by atoms with Crippen LogP contribution in [-0.2, 0) is 9.59 Å². The summed E-state index contributed by atoms with van der Waals surface area (Å²) in [6, 6.07) is 15.1. The van der Waals surface area contributed by atoms with Gasteiger partial charge < -0.3 is 14.8 Å². The zero-order chi connectivity index (χ0) is 24.5. The highest BCUT2D eigenvalue weighted by Crippen LogP contribution is 2.41. The molecule has 1 amide bonds. The van der Waals surface area contributed by atoms with Gasteiger partial charge in [0.05, 0.1) is 29.3 Å². The SMILES string of the molecule is CCCOc1ccc(/C(O)=C2\C(=O)C(=O)N(c3nc4ccc(C)cc4[nH]3)C2c2cccnc2)cc1. The van der Waals surface area contributed by atoms with Crippen LogP contribution in [0.3, 0.4) is 0 Å². The number of benzene rings is 2. The number of nitrogens with zero attached hydrogens (tertiary/aromatic N) is 3. The number of hydrogen-bond donors (Lipinski definition) is 2. The third kappa shape index (κ3) is 4.03. The number of aliphatic hydroxyl groups is 1. The lowest BCUT2D eigenvalue weighted by atomic mass is 9.96. The number of fused-ring (bicyclic) bond motifs is 1. The Morgan fingerprint density at radius 1 is 1.14 bits per heavy atom. The number of Topliss-reactive ketones (excluding diaryl/α,β-unsaturated/α-hetero) is 1. The molecule has 1 saturated heterocycles. The highest BCUT2D eigenvalue weighted by atomic mass is 16.5. The number of amides is 1. The van der Waals surface area contributed by atoms with Crippen LogP contribution in [0.5, 0.6) is 5.75 Å². The number of aromatic nitrogens is 3. The second-order valence-corrected chi connectivity index (χ2v) is 8.41. The van der Waals surface area contributed by atoms with E-state index in [1.54, 1.807) is 48.8 Å². The number of carbonyl (C=O) groups is 2. The Morgan fingerprint density at radius 2 is 1.94 bits per heavy atom. The molecule has 35 heavy (non-hydrogen) atoms. The lowest BCUT2D eigenvalue weighted by Crippen LogP contribution is -2.30. The molecule has 5 rings (SSSR count). The number of aryl methyl sites for hydroxylation is 1. The number of anilines is 1. The Labute approximate surface area is 201 Å². The molecule has 8 nitrogen and oxygen atoms in total. The van der Waals surface area contributed by atoms with E-state index in [1.165, 1.54) is 4.90 Å². The number of ketones is 1. The number of rotatable bonds is 6. The van der Waals surface area contributed by atoms with E-state index in [9.17, 15) is 14.7 Å². The van der Waals surface area contributed by atoms with Crippen LogP contribution in [0.1, 0.15) is 36.1 Å². The smallest absolute Gasteiger partial charge is 0.302 e. The Bertz CT molecular complexity index is 1440. The van der Waals surface area contributed by atoms with Gasteiger partial charge in [-0.1, -0.05) is 19.1 Å². The first-order valence-electron chi connectivity index (χ1n) is 11.4. The van der Waals surface area contributed by atoms with Crippen molar-refractivity contribution in [2.75, 3.05) is 11.5 Å². The van der Waals surface area contributed by atoms with Crippen molar-refractivity contribution in [1.82, 2.24) is 15.0 Å². The van der Waals surface area contributed by atoms with Crippen molar-refractivity contribution in [2.45, 2.75) is 26.3 Å². The Morgan fingerprint density at radius 3 is 2.66 bits per heavy atom. The zero-order valence-electron chi connectivity index (χ0n) is 19.4. The number of pyridine rings is 1. The summed E-state index contributed by atoms with van der Waals surface area (Å²) in [5.41, 5.74) is 3.40. The molecule has 2 aromatic carbocycles. The number of ether oxygens (including phenoxy) is 1. The summed E-state index contributed by atoms with van der Waals surface area (Å²) in [5.74, 6) is -0.957. The summed E-state index contributed by atoms with van der Waals surface area (Å²) in [6.07, 6.45) is 4.05. The summed E-state index contributed by atoms with van der Waals surface area (Å²) in [6.45, 7) is 4.55. The quantitative estimate of drug-likeness (QED) is 0.242. The fraction of sp³-hybridized carbons (Fsp3) is 0.185. The third-order valence-electron chi connectivity index (χ3n) is 5.90. The molecule has 1 aliphatic rings. The van der Waals surface area contributed by atoms with E-state index in [0.29, 0.717) is 29.0 Å². The fourth-order valence-corrected chi connectivity index (χ4v) is 4.21. The van der Waals surface area contributed by atoms with Crippen LogP contribution in [-0.4, -0.2) is 38.4 Å². The fourth-order valence-electron chi connectivity index (χ4n) is 4.21. The molecule has 0 radical (unpaired) electrons. The molecule has 8 heteroatoms. The largest absolute Gasteiger partial charge is 0.507 e. The van der Waals surface area contributed by atoms with Gasteiger partial charge in [0.1, 0.15) is 11.5 Å². The van der Waals surface area contributed by atoms with E-state index in [1.807, 2.05) is 32.0 Å². The minimum atomic E-state index is -0.902. The molecule has 4 aromatic rings. The van der Waals surface area contributed by atoms with Crippen molar-refractivity contribution in [3.63, 3.8) is 0 Å². The Hall–Kier alpha value is -4.46. The predicted molar refractivity (Wildman–Crippen MR) is 132 cm³/mol. The predicted octanol–water partition coefficient (Wildman–Crippen LogP) is 4.68. The maximum atomic E-state index is 13.3. The normalized spacial score (nSPS) is 17.3. The van der Waals surface area contributed by atoms with E-state index < -0.39 is 17.7 Å². The summed E-state index contributed by atoms with van der Waals surface area (Å²) >= 11 is 0. The van der Waals surface area contributed by atoms with Crippen LogP contribution in [0.4, 0.5) is 5.95 Å². The number of hydrogen-bond acceptors (Lipinski definition) is 6. The van der Waals surface area contributed by atoms with Gasteiger partial charge in [-0.15, -0.1) is 0 Å². The van der Waals surface area contributed by atoms with Gasteiger partial charge in [0.15, 0.2) is 0 Å². The van der Waals surface area contributed by atoms with Gasteiger partial charge in [-0.3, -0.25) is 19.5 Å². The summed E-state index contributed by atoms with van der Waals surface area (Å²) in [7, 11) is 0.